The molecule has 0 saturated heterocycles. The minimum Gasteiger partial charge on any atom is -0.504 e. The summed E-state index contributed by atoms with van der Waals surface area (Å²) < 4.78 is 0. The standard InChI is InChI=1S/C22H22O8/c23-15-9-13(3-1-11-5-17(25)21(29)18(26)6-11)14(10-16(15)24)4-2-12-7-19(27)22(30)20(28)8-12/h5-10,23-30H,1-4H2. The van der Waals surface area contributed by atoms with Crippen molar-refractivity contribution >= 4 is 0 Å². The van der Waals surface area contributed by atoms with Crippen molar-refractivity contribution < 1.29 is 40.9 Å². The van der Waals surface area contributed by atoms with E-state index in [9.17, 15) is 40.9 Å². The Morgan fingerprint density at radius 2 is 0.667 bits per heavy atom. The first-order valence-corrected chi connectivity index (χ1v) is 9.17. The Labute approximate surface area is 171 Å². The van der Waals surface area contributed by atoms with Crippen molar-refractivity contribution in [2.45, 2.75) is 25.7 Å². The van der Waals surface area contributed by atoms with E-state index in [0.717, 1.165) is 0 Å². The molecule has 0 aliphatic rings. The fourth-order valence-corrected chi connectivity index (χ4v) is 3.30. The van der Waals surface area contributed by atoms with Crippen molar-refractivity contribution in [3.05, 3.63) is 58.7 Å². The summed E-state index contributed by atoms with van der Waals surface area (Å²) in [6, 6.07) is 8.18. The molecule has 3 aromatic rings. The smallest absolute Gasteiger partial charge is 0.200 e. The highest BCUT2D eigenvalue weighted by molar-refractivity contribution is 5.53. The molecule has 0 spiro atoms. The van der Waals surface area contributed by atoms with Gasteiger partial charge in [-0.3, -0.25) is 0 Å². The predicted molar refractivity (Wildman–Crippen MR) is 107 cm³/mol. The van der Waals surface area contributed by atoms with Crippen molar-refractivity contribution in [1.29, 1.82) is 0 Å². The van der Waals surface area contributed by atoms with E-state index >= 15 is 0 Å². The van der Waals surface area contributed by atoms with Crippen LogP contribution in [0.4, 0.5) is 0 Å². The molecule has 0 aromatic heterocycles. The Morgan fingerprint density at radius 3 is 0.967 bits per heavy atom. The largest absolute Gasteiger partial charge is 0.504 e. The Bertz CT molecular complexity index is 958. The van der Waals surface area contributed by atoms with Gasteiger partial charge in [0.15, 0.2) is 46.0 Å². The molecule has 8 nitrogen and oxygen atoms in total. The fourth-order valence-electron chi connectivity index (χ4n) is 3.30. The van der Waals surface area contributed by atoms with Crippen molar-refractivity contribution in [2.24, 2.45) is 0 Å². The van der Waals surface area contributed by atoms with Gasteiger partial charge in [-0.05, 0) is 84.3 Å². The normalized spacial score (nSPS) is 10.9. The monoisotopic (exact) mass is 414 g/mol. The third kappa shape index (κ3) is 4.38. The molecule has 30 heavy (non-hydrogen) atoms. The van der Waals surface area contributed by atoms with Gasteiger partial charge in [0.05, 0.1) is 0 Å². The molecule has 0 amide bonds. The van der Waals surface area contributed by atoms with Gasteiger partial charge in [0.1, 0.15) is 0 Å². The molecule has 0 atom stereocenters. The van der Waals surface area contributed by atoms with Gasteiger partial charge in [-0.25, -0.2) is 0 Å². The number of aryl methyl sites for hydroxylation is 4. The first-order chi connectivity index (χ1) is 14.2. The Balaban J connectivity index is 1.81. The van der Waals surface area contributed by atoms with Crippen LogP contribution in [0.2, 0.25) is 0 Å². The van der Waals surface area contributed by atoms with E-state index in [1.807, 2.05) is 0 Å². The zero-order valence-electron chi connectivity index (χ0n) is 15.9. The van der Waals surface area contributed by atoms with E-state index in [1.165, 1.54) is 36.4 Å². The summed E-state index contributed by atoms with van der Waals surface area (Å²) in [5.74, 6) is -3.52. The minimum atomic E-state index is -0.595. The number of hydrogen-bond donors (Lipinski definition) is 8. The first-order valence-electron chi connectivity index (χ1n) is 9.17. The maximum absolute atomic E-state index is 9.88. The molecule has 8 heteroatoms. The Kier molecular flexibility index (Phi) is 5.68. The van der Waals surface area contributed by atoms with Crippen LogP contribution in [0, 0.1) is 0 Å². The summed E-state index contributed by atoms with van der Waals surface area (Å²) in [5.41, 5.74) is 2.55. The molecular weight excluding hydrogens is 392 g/mol. The predicted octanol–water partition coefficient (Wildman–Crippen LogP) is 2.90. The molecule has 0 bridgehead atoms. The maximum atomic E-state index is 9.88. The highest BCUT2D eigenvalue weighted by Crippen LogP contribution is 2.37. The number of benzene rings is 3. The van der Waals surface area contributed by atoms with Crippen molar-refractivity contribution in [1.82, 2.24) is 0 Å². The van der Waals surface area contributed by atoms with Gasteiger partial charge in [0.2, 0.25) is 0 Å². The second-order valence-corrected chi connectivity index (χ2v) is 7.07. The van der Waals surface area contributed by atoms with E-state index in [4.69, 9.17) is 0 Å². The highest BCUT2D eigenvalue weighted by Gasteiger charge is 2.13. The second kappa shape index (κ2) is 8.20. The maximum Gasteiger partial charge on any atom is 0.200 e. The van der Waals surface area contributed by atoms with E-state index in [1.54, 1.807) is 0 Å². The van der Waals surface area contributed by atoms with Crippen LogP contribution in [0.5, 0.6) is 46.0 Å². The van der Waals surface area contributed by atoms with Gasteiger partial charge < -0.3 is 40.9 Å². The molecule has 3 rings (SSSR count). The van der Waals surface area contributed by atoms with E-state index in [0.29, 0.717) is 47.9 Å². The minimum absolute atomic E-state index is 0.287. The molecular formula is C22H22O8. The van der Waals surface area contributed by atoms with Crippen LogP contribution in [-0.4, -0.2) is 40.9 Å². The molecule has 0 heterocycles. The van der Waals surface area contributed by atoms with E-state index in [-0.39, 0.29) is 11.5 Å². The van der Waals surface area contributed by atoms with Crippen molar-refractivity contribution in [3.8, 4) is 46.0 Å². The van der Waals surface area contributed by atoms with Gasteiger partial charge in [0, 0.05) is 0 Å². The van der Waals surface area contributed by atoms with Crippen LogP contribution in [0.1, 0.15) is 22.3 Å². The third-order valence-electron chi connectivity index (χ3n) is 4.92. The van der Waals surface area contributed by atoms with E-state index < -0.39 is 34.5 Å². The molecule has 0 saturated carbocycles. The second-order valence-electron chi connectivity index (χ2n) is 7.07. The van der Waals surface area contributed by atoms with Crippen LogP contribution in [0.3, 0.4) is 0 Å². The van der Waals surface area contributed by atoms with Crippen LogP contribution in [-0.2, 0) is 25.7 Å². The van der Waals surface area contributed by atoms with Crippen LogP contribution in [0.25, 0.3) is 0 Å². The molecule has 0 aliphatic carbocycles. The number of hydrogen-bond acceptors (Lipinski definition) is 8. The fraction of sp³-hybridized carbons (Fsp3) is 0.182. The van der Waals surface area contributed by atoms with Gasteiger partial charge in [-0.1, -0.05) is 0 Å². The van der Waals surface area contributed by atoms with Gasteiger partial charge in [-0.15, -0.1) is 0 Å². The zero-order valence-corrected chi connectivity index (χ0v) is 15.9. The van der Waals surface area contributed by atoms with Crippen LogP contribution >= 0.6 is 0 Å². The summed E-state index contributed by atoms with van der Waals surface area (Å²) in [5, 5.41) is 77.2. The molecule has 158 valence electrons. The topological polar surface area (TPSA) is 162 Å². The summed E-state index contributed by atoms with van der Waals surface area (Å²) in [6.07, 6.45) is 1.55. The molecule has 0 radical (unpaired) electrons. The lowest BCUT2D eigenvalue weighted by atomic mass is 9.94. The number of rotatable bonds is 6. The SMILES string of the molecule is Oc1cc(CCc2cc(O)c(O)c(O)c2)c(CCc2cc(O)c(O)c(O)c2)cc1O. The van der Waals surface area contributed by atoms with Crippen molar-refractivity contribution in [2.75, 3.05) is 0 Å². The molecule has 3 aromatic carbocycles. The van der Waals surface area contributed by atoms with Crippen molar-refractivity contribution in [3.63, 3.8) is 0 Å². The average Bonchev–Trinajstić information content (AvgIpc) is 2.69. The Hall–Kier alpha value is -3.94. The van der Waals surface area contributed by atoms with Crippen LogP contribution < -0.4 is 0 Å². The van der Waals surface area contributed by atoms with E-state index in [2.05, 4.69) is 0 Å². The molecule has 0 unspecified atom stereocenters. The lowest BCUT2D eigenvalue weighted by Crippen LogP contribution is -2.00. The highest BCUT2D eigenvalue weighted by atomic mass is 16.3. The third-order valence-corrected chi connectivity index (χ3v) is 4.92. The molecule has 8 N–H and O–H groups in total. The molecule has 0 fully saturated rings. The number of phenols is 8. The zero-order chi connectivity index (χ0) is 22.0. The number of aromatic hydroxyl groups is 8. The summed E-state index contributed by atoms with van der Waals surface area (Å²) in [4.78, 5) is 0. The summed E-state index contributed by atoms with van der Waals surface area (Å²) in [6.45, 7) is 0. The van der Waals surface area contributed by atoms with Gasteiger partial charge in [0.25, 0.3) is 0 Å². The Morgan fingerprint density at radius 1 is 0.367 bits per heavy atom. The first kappa shape index (κ1) is 20.8. The van der Waals surface area contributed by atoms with Gasteiger partial charge >= 0.3 is 0 Å². The van der Waals surface area contributed by atoms with Crippen LogP contribution in [0.15, 0.2) is 36.4 Å². The quantitative estimate of drug-likeness (QED) is 0.286. The molecule has 0 aliphatic heterocycles. The summed E-state index contributed by atoms with van der Waals surface area (Å²) in [7, 11) is 0. The lowest BCUT2D eigenvalue weighted by molar-refractivity contribution is 0.367. The average molecular weight is 414 g/mol. The summed E-state index contributed by atoms with van der Waals surface area (Å²) >= 11 is 0. The van der Waals surface area contributed by atoms with Gasteiger partial charge in [-0.2, -0.15) is 0 Å². The lowest BCUT2D eigenvalue weighted by Gasteiger charge is -2.13. The number of phenolic OH excluding ortho intramolecular Hbond substituents is 8.